The Bertz CT molecular complexity index is 374. The van der Waals surface area contributed by atoms with Crippen LogP contribution in [0.15, 0.2) is 17.5 Å². The number of nitrogens with two attached hydrogens (primary N) is 1. The van der Waals surface area contributed by atoms with E-state index in [0.717, 1.165) is 18.8 Å². The zero-order valence-electron chi connectivity index (χ0n) is 10.5. The van der Waals surface area contributed by atoms with Crippen molar-refractivity contribution in [3.8, 4) is 0 Å². The minimum Gasteiger partial charge on any atom is -0.409 e. The predicted octanol–water partition coefficient (Wildman–Crippen LogP) is 1.20. The van der Waals surface area contributed by atoms with E-state index in [1.807, 2.05) is 0 Å². The lowest BCUT2D eigenvalue weighted by Gasteiger charge is -2.26. The van der Waals surface area contributed by atoms with E-state index in [9.17, 15) is 0 Å². The molecule has 0 aliphatic heterocycles. The first-order valence-corrected chi connectivity index (χ1v) is 5.66. The number of hydrogen-bond donors (Lipinski definition) is 2. The quantitative estimate of drug-likeness (QED) is 0.347. The summed E-state index contributed by atoms with van der Waals surface area (Å²) in [6.07, 6.45) is 4.19. The highest BCUT2D eigenvalue weighted by atomic mass is 16.4. The molecule has 6 heteroatoms. The Balaban J connectivity index is 2.92. The van der Waals surface area contributed by atoms with Gasteiger partial charge in [0.25, 0.3) is 0 Å². The molecule has 6 nitrogen and oxygen atoms in total. The summed E-state index contributed by atoms with van der Waals surface area (Å²) in [6, 6.07) is 0.360. The van der Waals surface area contributed by atoms with E-state index in [1.165, 1.54) is 6.20 Å². The Labute approximate surface area is 101 Å². The van der Waals surface area contributed by atoms with E-state index in [1.54, 1.807) is 6.20 Å². The van der Waals surface area contributed by atoms with E-state index < -0.39 is 0 Å². The van der Waals surface area contributed by atoms with Crippen LogP contribution in [0.1, 0.15) is 32.9 Å². The molecular formula is C11H19N5O. The first kappa shape index (κ1) is 13.2. The van der Waals surface area contributed by atoms with Crippen molar-refractivity contribution < 1.29 is 5.21 Å². The lowest BCUT2D eigenvalue weighted by atomic mass is 10.3. The topological polar surface area (TPSA) is 87.6 Å². The molecule has 0 amide bonds. The smallest absolute Gasteiger partial charge is 0.190 e. The van der Waals surface area contributed by atoms with E-state index >= 15 is 0 Å². The zero-order chi connectivity index (χ0) is 12.8. The molecule has 0 radical (unpaired) electrons. The maximum atomic E-state index is 8.52. The minimum atomic E-state index is -0.0318. The van der Waals surface area contributed by atoms with Crippen molar-refractivity contribution >= 4 is 11.7 Å². The number of anilines is 1. The second-order valence-electron chi connectivity index (χ2n) is 4.03. The fourth-order valence-electron chi connectivity index (χ4n) is 1.53. The minimum absolute atomic E-state index is 0.0318. The van der Waals surface area contributed by atoms with E-state index in [0.29, 0.717) is 11.7 Å². The molecular weight excluding hydrogens is 218 g/mol. The van der Waals surface area contributed by atoms with Crippen molar-refractivity contribution in [3.63, 3.8) is 0 Å². The number of hydrogen-bond acceptors (Lipinski definition) is 5. The van der Waals surface area contributed by atoms with Crippen molar-refractivity contribution in [1.82, 2.24) is 9.97 Å². The number of aromatic nitrogens is 2. The monoisotopic (exact) mass is 237 g/mol. The van der Waals surface area contributed by atoms with Crippen LogP contribution in [0, 0.1) is 0 Å². The highest BCUT2D eigenvalue weighted by Crippen LogP contribution is 2.13. The summed E-state index contributed by atoms with van der Waals surface area (Å²) in [5.41, 5.74) is 5.79. The van der Waals surface area contributed by atoms with E-state index in [-0.39, 0.29) is 5.84 Å². The van der Waals surface area contributed by atoms with E-state index in [4.69, 9.17) is 10.9 Å². The van der Waals surface area contributed by atoms with Gasteiger partial charge in [0.05, 0.1) is 12.4 Å². The lowest BCUT2D eigenvalue weighted by Crippen LogP contribution is -2.32. The van der Waals surface area contributed by atoms with Crippen molar-refractivity contribution in [2.75, 3.05) is 11.4 Å². The maximum absolute atomic E-state index is 8.52. The third kappa shape index (κ3) is 3.30. The molecule has 0 aliphatic rings. The Morgan fingerprint density at radius 1 is 1.47 bits per heavy atom. The van der Waals surface area contributed by atoms with Gasteiger partial charge >= 0.3 is 0 Å². The van der Waals surface area contributed by atoms with Gasteiger partial charge in [-0.25, -0.2) is 9.97 Å². The molecule has 1 aromatic heterocycles. The molecule has 0 spiro atoms. The number of amidine groups is 1. The molecule has 3 N–H and O–H groups in total. The highest BCUT2D eigenvalue weighted by Gasteiger charge is 2.11. The molecule has 0 fully saturated rings. The van der Waals surface area contributed by atoms with Crippen molar-refractivity contribution in [2.45, 2.75) is 33.2 Å². The molecule has 0 aliphatic carbocycles. The average Bonchev–Trinajstić information content (AvgIpc) is 2.35. The Kier molecular flexibility index (Phi) is 4.68. The van der Waals surface area contributed by atoms with Crippen molar-refractivity contribution in [2.24, 2.45) is 10.9 Å². The molecule has 17 heavy (non-hydrogen) atoms. The second-order valence-corrected chi connectivity index (χ2v) is 4.03. The van der Waals surface area contributed by atoms with Gasteiger partial charge in [0.15, 0.2) is 5.84 Å². The van der Waals surface area contributed by atoms with Gasteiger partial charge in [0.2, 0.25) is 0 Å². The van der Waals surface area contributed by atoms with Crippen LogP contribution in [0.2, 0.25) is 0 Å². The molecule has 1 heterocycles. The lowest BCUT2D eigenvalue weighted by molar-refractivity contribution is 0.318. The second kappa shape index (κ2) is 6.03. The molecule has 0 saturated heterocycles. The zero-order valence-corrected chi connectivity index (χ0v) is 10.5. The third-order valence-corrected chi connectivity index (χ3v) is 2.39. The van der Waals surface area contributed by atoms with Crippen molar-refractivity contribution in [1.29, 1.82) is 0 Å². The first-order valence-electron chi connectivity index (χ1n) is 5.66. The summed E-state index contributed by atoms with van der Waals surface area (Å²) in [4.78, 5) is 10.6. The summed E-state index contributed by atoms with van der Waals surface area (Å²) in [6.45, 7) is 7.26. The highest BCUT2D eigenvalue weighted by molar-refractivity contribution is 5.94. The van der Waals surface area contributed by atoms with Crippen LogP contribution in [0.25, 0.3) is 0 Å². The van der Waals surface area contributed by atoms with Crippen LogP contribution in [-0.4, -0.2) is 33.6 Å². The first-order chi connectivity index (χ1) is 8.10. The van der Waals surface area contributed by atoms with Crippen molar-refractivity contribution in [3.05, 3.63) is 18.1 Å². The molecule has 0 saturated carbocycles. The average molecular weight is 237 g/mol. The van der Waals surface area contributed by atoms with Crippen LogP contribution in [0.4, 0.5) is 5.82 Å². The maximum Gasteiger partial charge on any atom is 0.190 e. The van der Waals surface area contributed by atoms with Crippen LogP contribution >= 0.6 is 0 Å². The van der Waals surface area contributed by atoms with Gasteiger partial charge < -0.3 is 15.8 Å². The summed E-state index contributed by atoms with van der Waals surface area (Å²) in [5, 5.41) is 11.4. The number of oxime groups is 1. The molecule has 94 valence electrons. The Hall–Kier alpha value is -1.85. The van der Waals surface area contributed by atoms with Gasteiger partial charge in [-0.05, 0) is 20.3 Å². The fraction of sp³-hybridized carbons (Fsp3) is 0.545. The molecule has 1 aromatic rings. The third-order valence-electron chi connectivity index (χ3n) is 2.39. The van der Waals surface area contributed by atoms with Gasteiger partial charge in [-0.1, -0.05) is 12.1 Å². The molecule has 0 bridgehead atoms. The van der Waals surface area contributed by atoms with Gasteiger partial charge in [-0.3, -0.25) is 0 Å². The molecule has 0 aromatic carbocycles. The SMILES string of the molecule is CCCN(c1cnc(C(N)=NO)cn1)C(C)C. The molecule has 0 atom stereocenters. The van der Waals surface area contributed by atoms with Gasteiger partial charge in [-0.15, -0.1) is 0 Å². The Morgan fingerprint density at radius 3 is 2.59 bits per heavy atom. The molecule has 1 rings (SSSR count). The summed E-state index contributed by atoms with van der Waals surface area (Å²) in [7, 11) is 0. The predicted molar refractivity (Wildman–Crippen MR) is 67.3 cm³/mol. The standard InChI is InChI=1S/C11H19N5O/c1-4-5-16(8(2)3)10-7-13-9(6-14-10)11(12)15-17/h6-8,17H,4-5H2,1-3H3,(H2,12,15). The molecule has 0 unspecified atom stereocenters. The Morgan fingerprint density at radius 2 is 2.18 bits per heavy atom. The summed E-state index contributed by atoms with van der Waals surface area (Å²) in [5.74, 6) is 0.770. The number of nitrogens with zero attached hydrogens (tertiary/aromatic N) is 4. The number of rotatable bonds is 5. The summed E-state index contributed by atoms with van der Waals surface area (Å²) < 4.78 is 0. The van der Waals surface area contributed by atoms with Gasteiger partial charge in [0, 0.05) is 12.6 Å². The van der Waals surface area contributed by atoms with Crippen LogP contribution in [0.3, 0.4) is 0 Å². The largest absolute Gasteiger partial charge is 0.409 e. The van der Waals surface area contributed by atoms with Gasteiger partial charge in [-0.2, -0.15) is 0 Å². The summed E-state index contributed by atoms with van der Waals surface area (Å²) >= 11 is 0. The van der Waals surface area contributed by atoms with Gasteiger partial charge in [0.1, 0.15) is 11.5 Å². The normalized spacial score (nSPS) is 11.9. The fourth-order valence-corrected chi connectivity index (χ4v) is 1.53. The van der Waals surface area contributed by atoms with Crippen LogP contribution in [0.5, 0.6) is 0 Å². The van der Waals surface area contributed by atoms with Crippen LogP contribution < -0.4 is 10.6 Å². The van der Waals surface area contributed by atoms with E-state index in [2.05, 4.69) is 40.8 Å². The van der Waals surface area contributed by atoms with Crippen LogP contribution in [-0.2, 0) is 0 Å².